The predicted octanol–water partition coefficient (Wildman–Crippen LogP) is 2.99. The van der Waals surface area contributed by atoms with E-state index in [1.165, 1.54) is 0 Å². The summed E-state index contributed by atoms with van der Waals surface area (Å²) in [6, 6.07) is 7.51. The van der Waals surface area contributed by atoms with Gasteiger partial charge in [0.1, 0.15) is 11.4 Å². The minimum absolute atomic E-state index is 0.239. The molecule has 6 heteroatoms. The molecule has 2 aromatic rings. The average molecular weight is 302 g/mol. The molecule has 0 aliphatic rings. The van der Waals surface area contributed by atoms with Crippen LogP contribution in [0.2, 0.25) is 0 Å². The van der Waals surface area contributed by atoms with Gasteiger partial charge in [-0.25, -0.2) is 0 Å². The number of rotatable bonds is 5. The summed E-state index contributed by atoms with van der Waals surface area (Å²) in [5, 5.41) is 11.1. The second-order valence-corrected chi connectivity index (χ2v) is 6.07. The SMILES string of the molecule is CCCOc1ccccc1Nc1nnc(C(C)(C)C)c(=O)[nH]1. The third kappa shape index (κ3) is 3.84. The molecule has 0 atom stereocenters. The van der Waals surface area contributed by atoms with Crippen LogP contribution in [0.15, 0.2) is 29.1 Å². The Balaban J connectivity index is 2.25. The second kappa shape index (κ2) is 6.60. The zero-order valence-corrected chi connectivity index (χ0v) is 13.4. The molecule has 0 aliphatic heterocycles. The molecule has 0 saturated heterocycles. The first kappa shape index (κ1) is 16.0. The standard InChI is InChI=1S/C16H22N4O2/c1-5-10-22-12-9-7-6-8-11(12)17-15-18-14(21)13(19-20-15)16(2,3)4/h6-9H,5,10H2,1-4H3,(H2,17,18,20,21). The second-order valence-electron chi connectivity index (χ2n) is 6.07. The van der Waals surface area contributed by atoms with Gasteiger partial charge in [0.05, 0.1) is 12.3 Å². The maximum atomic E-state index is 12.1. The Bertz CT molecular complexity index is 689. The molecule has 0 spiro atoms. The molecule has 22 heavy (non-hydrogen) atoms. The van der Waals surface area contributed by atoms with Crippen LogP contribution in [0.1, 0.15) is 39.8 Å². The fourth-order valence-corrected chi connectivity index (χ4v) is 1.92. The summed E-state index contributed by atoms with van der Waals surface area (Å²) >= 11 is 0. The van der Waals surface area contributed by atoms with Crippen LogP contribution in [0.5, 0.6) is 5.75 Å². The number of ether oxygens (including phenoxy) is 1. The van der Waals surface area contributed by atoms with Gasteiger partial charge in [-0.2, -0.15) is 0 Å². The van der Waals surface area contributed by atoms with Crippen LogP contribution in [-0.2, 0) is 5.41 Å². The molecule has 0 unspecified atom stereocenters. The molecular weight excluding hydrogens is 280 g/mol. The molecule has 0 aliphatic carbocycles. The highest BCUT2D eigenvalue weighted by atomic mass is 16.5. The molecule has 1 heterocycles. The van der Waals surface area contributed by atoms with Gasteiger partial charge in [-0.3, -0.25) is 9.78 Å². The van der Waals surface area contributed by atoms with Crippen LogP contribution < -0.4 is 15.6 Å². The highest BCUT2D eigenvalue weighted by molar-refractivity contribution is 5.62. The molecule has 2 N–H and O–H groups in total. The lowest BCUT2D eigenvalue weighted by Gasteiger charge is -2.16. The molecule has 0 amide bonds. The first-order valence-corrected chi connectivity index (χ1v) is 7.38. The van der Waals surface area contributed by atoms with E-state index in [1.807, 2.05) is 52.0 Å². The lowest BCUT2D eigenvalue weighted by atomic mass is 9.93. The van der Waals surface area contributed by atoms with Crippen molar-refractivity contribution in [1.29, 1.82) is 0 Å². The van der Waals surface area contributed by atoms with Crippen molar-refractivity contribution < 1.29 is 4.74 Å². The Hall–Kier alpha value is -2.37. The van der Waals surface area contributed by atoms with Crippen molar-refractivity contribution >= 4 is 11.6 Å². The summed E-state index contributed by atoms with van der Waals surface area (Å²) in [5.41, 5.74) is 0.566. The topological polar surface area (TPSA) is 79.9 Å². The molecule has 0 saturated carbocycles. The number of anilines is 2. The maximum absolute atomic E-state index is 12.1. The molecule has 0 fully saturated rings. The van der Waals surface area contributed by atoms with E-state index >= 15 is 0 Å². The third-order valence-corrected chi connectivity index (χ3v) is 3.01. The number of aromatic nitrogens is 3. The first-order chi connectivity index (χ1) is 10.4. The Morgan fingerprint density at radius 1 is 1.23 bits per heavy atom. The van der Waals surface area contributed by atoms with Crippen molar-refractivity contribution in [3.05, 3.63) is 40.3 Å². The predicted molar refractivity (Wildman–Crippen MR) is 86.9 cm³/mol. The van der Waals surface area contributed by atoms with Crippen molar-refractivity contribution in [1.82, 2.24) is 15.2 Å². The van der Waals surface area contributed by atoms with Gasteiger partial charge in [0, 0.05) is 5.41 Å². The Kier molecular flexibility index (Phi) is 4.80. The zero-order chi connectivity index (χ0) is 16.2. The molecule has 6 nitrogen and oxygen atoms in total. The summed E-state index contributed by atoms with van der Waals surface area (Å²) in [5.74, 6) is 1.01. The van der Waals surface area contributed by atoms with Crippen LogP contribution in [0.25, 0.3) is 0 Å². The van der Waals surface area contributed by atoms with E-state index in [4.69, 9.17) is 4.74 Å². The van der Waals surface area contributed by atoms with Crippen molar-refractivity contribution in [2.45, 2.75) is 39.5 Å². The summed E-state index contributed by atoms with van der Waals surface area (Å²) in [7, 11) is 0. The largest absolute Gasteiger partial charge is 0.491 e. The van der Waals surface area contributed by atoms with E-state index in [1.54, 1.807) is 0 Å². The maximum Gasteiger partial charge on any atom is 0.274 e. The average Bonchev–Trinajstić information content (AvgIpc) is 2.45. The highest BCUT2D eigenvalue weighted by Crippen LogP contribution is 2.26. The van der Waals surface area contributed by atoms with Crippen LogP contribution in [-0.4, -0.2) is 21.8 Å². The van der Waals surface area contributed by atoms with E-state index in [2.05, 4.69) is 20.5 Å². The summed E-state index contributed by atoms with van der Waals surface area (Å²) in [4.78, 5) is 14.8. The number of benzene rings is 1. The minimum atomic E-state index is -0.346. The lowest BCUT2D eigenvalue weighted by Crippen LogP contribution is -2.28. The van der Waals surface area contributed by atoms with Crippen molar-refractivity contribution in [2.75, 3.05) is 11.9 Å². The Morgan fingerprint density at radius 3 is 2.59 bits per heavy atom. The van der Waals surface area contributed by atoms with Gasteiger partial charge in [-0.15, -0.1) is 10.2 Å². The van der Waals surface area contributed by atoms with E-state index in [0.29, 0.717) is 24.0 Å². The van der Waals surface area contributed by atoms with E-state index in [9.17, 15) is 4.79 Å². The molecule has 1 aromatic heterocycles. The summed E-state index contributed by atoms with van der Waals surface area (Å²) in [6.07, 6.45) is 0.922. The molecule has 1 aromatic carbocycles. The number of para-hydroxylation sites is 2. The number of H-pyrrole nitrogens is 1. The number of hydrogen-bond acceptors (Lipinski definition) is 5. The van der Waals surface area contributed by atoms with E-state index in [0.717, 1.165) is 12.1 Å². The molecular formula is C16H22N4O2. The van der Waals surface area contributed by atoms with Gasteiger partial charge >= 0.3 is 0 Å². The van der Waals surface area contributed by atoms with Crippen LogP contribution in [0, 0.1) is 0 Å². The fraction of sp³-hybridized carbons (Fsp3) is 0.438. The normalized spacial score (nSPS) is 11.3. The van der Waals surface area contributed by atoms with Crippen LogP contribution >= 0.6 is 0 Å². The molecule has 0 bridgehead atoms. The fourth-order valence-electron chi connectivity index (χ4n) is 1.92. The van der Waals surface area contributed by atoms with Crippen molar-refractivity contribution in [3.8, 4) is 5.75 Å². The lowest BCUT2D eigenvalue weighted by molar-refractivity contribution is 0.319. The molecule has 118 valence electrons. The smallest absolute Gasteiger partial charge is 0.274 e. The van der Waals surface area contributed by atoms with Gasteiger partial charge in [-0.1, -0.05) is 39.8 Å². The third-order valence-electron chi connectivity index (χ3n) is 3.01. The Labute approximate surface area is 129 Å². The van der Waals surface area contributed by atoms with Crippen molar-refractivity contribution in [2.24, 2.45) is 0 Å². The minimum Gasteiger partial charge on any atom is -0.491 e. The van der Waals surface area contributed by atoms with Crippen LogP contribution in [0.3, 0.4) is 0 Å². The van der Waals surface area contributed by atoms with E-state index in [-0.39, 0.29) is 11.0 Å². The van der Waals surface area contributed by atoms with E-state index < -0.39 is 0 Å². The van der Waals surface area contributed by atoms with Gasteiger partial charge in [0.25, 0.3) is 5.56 Å². The van der Waals surface area contributed by atoms with Crippen molar-refractivity contribution in [3.63, 3.8) is 0 Å². The molecule has 2 rings (SSSR count). The highest BCUT2D eigenvalue weighted by Gasteiger charge is 2.20. The monoisotopic (exact) mass is 302 g/mol. The Morgan fingerprint density at radius 2 is 1.95 bits per heavy atom. The quantitative estimate of drug-likeness (QED) is 0.887. The zero-order valence-electron chi connectivity index (χ0n) is 13.4. The van der Waals surface area contributed by atoms with Gasteiger partial charge in [0.2, 0.25) is 5.95 Å². The van der Waals surface area contributed by atoms with Gasteiger partial charge in [-0.05, 0) is 18.6 Å². The number of nitrogens with one attached hydrogen (secondary N) is 2. The number of aromatic amines is 1. The number of hydrogen-bond donors (Lipinski definition) is 2. The van der Waals surface area contributed by atoms with Crippen LogP contribution in [0.4, 0.5) is 11.6 Å². The summed E-state index contributed by atoms with van der Waals surface area (Å²) in [6.45, 7) is 8.45. The van der Waals surface area contributed by atoms with Gasteiger partial charge in [0.15, 0.2) is 0 Å². The first-order valence-electron chi connectivity index (χ1n) is 7.38. The summed E-state index contributed by atoms with van der Waals surface area (Å²) < 4.78 is 5.66. The van der Waals surface area contributed by atoms with Gasteiger partial charge < -0.3 is 10.1 Å². The molecule has 0 radical (unpaired) electrons. The number of nitrogens with zero attached hydrogens (tertiary/aromatic N) is 2.